The summed E-state index contributed by atoms with van der Waals surface area (Å²) in [6, 6.07) is 5.67. The molecule has 0 atom stereocenters. The van der Waals surface area contributed by atoms with Gasteiger partial charge in [0.05, 0.1) is 10.7 Å². The summed E-state index contributed by atoms with van der Waals surface area (Å²) in [6.45, 7) is 6.88. The second-order valence-electron chi connectivity index (χ2n) is 4.77. The molecule has 21 heavy (non-hydrogen) atoms. The van der Waals surface area contributed by atoms with Crippen molar-refractivity contribution < 1.29 is 0 Å². The minimum absolute atomic E-state index is 0.650. The molecule has 0 fully saturated rings. The summed E-state index contributed by atoms with van der Waals surface area (Å²) in [5, 5.41) is 7.26. The normalized spacial score (nSPS) is 10.5. The molecule has 2 N–H and O–H groups in total. The van der Waals surface area contributed by atoms with Gasteiger partial charge in [-0.2, -0.15) is 0 Å². The number of rotatable bonds is 5. The summed E-state index contributed by atoms with van der Waals surface area (Å²) in [5.41, 5.74) is 1.79. The summed E-state index contributed by atoms with van der Waals surface area (Å²) in [6.07, 6.45) is 1.04. The van der Waals surface area contributed by atoms with E-state index >= 15 is 0 Å². The summed E-state index contributed by atoms with van der Waals surface area (Å²) in [7, 11) is 0. The SMILES string of the molecule is CCCNc1nc(C)nc(Nc2cc(Br)ccc2Cl)c1C. The zero-order valence-electron chi connectivity index (χ0n) is 12.3. The molecule has 0 saturated carbocycles. The van der Waals surface area contributed by atoms with Crippen LogP contribution in [-0.4, -0.2) is 16.5 Å². The summed E-state index contributed by atoms with van der Waals surface area (Å²) in [4.78, 5) is 8.92. The van der Waals surface area contributed by atoms with Gasteiger partial charge in [-0.1, -0.05) is 34.5 Å². The molecular formula is C15H18BrClN4. The number of hydrogen-bond donors (Lipinski definition) is 2. The number of halogens is 2. The summed E-state index contributed by atoms with van der Waals surface area (Å²) < 4.78 is 0.960. The monoisotopic (exact) mass is 368 g/mol. The number of benzene rings is 1. The van der Waals surface area contributed by atoms with Crippen molar-refractivity contribution in [2.75, 3.05) is 17.2 Å². The van der Waals surface area contributed by atoms with E-state index in [1.165, 1.54) is 0 Å². The van der Waals surface area contributed by atoms with Crippen LogP contribution in [-0.2, 0) is 0 Å². The minimum atomic E-state index is 0.650. The predicted octanol–water partition coefficient (Wildman–Crippen LogP) is 5.07. The maximum atomic E-state index is 6.22. The molecule has 0 saturated heterocycles. The quantitative estimate of drug-likeness (QED) is 0.772. The maximum Gasteiger partial charge on any atom is 0.139 e. The van der Waals surface area contributed by atoms with E-state index in [0.717, 1.165) is 40.3 Å². The first kappa shape index (κ1) is 16.0. The molecule has 1 aromatic heterocycles. The van der Waals surface area contributed by atoms with Gasteiger partial charge in [0.2, 0.25) is 0 Å². The van der Waals surface area contributed by atoms with Crippen LogP contribution in [0.2, 0.25) is 5.02 Å². The third-order valence-corrected chi connectivity index (χ3v) is 3.80. The number of hydrogen-bond acceptors (Lipinski definition) is 4. The smallest absolute Gasteiger partial charge is 0.139 e. The Labute approximate surface area is 138 Å². The van der Waals surface area contributed by atoms with Gasteiger partial charge in [0.25, 0.3) is 0 Å². The Morgan fingerprint density at radius 1 is 1.19 bits per heavy atom. The van der Waals surface area contributed by atoms with Gasteiger partial charge >= 0.3 is 0 Å². The topological polar surface area (TPSA) is 49.8 Å². The highest BCUT2D eigenvalue weighted by Gasteiger charge is 2.10. The van der Waals surface area contributed by atoms with Crippen molar-refractivity contribution in [3.8, 4) is 0 Å². The molecule has 0 amide bonds. The maximum absolute atomic E-state index is 6.22. The Kier molecular flexibility index (Phi) is 5.42. The van der Waals surface area contributed by atoms with Crippen molar-refractivity contribution in [3.63, 3.8) is 0 Å². The van der Waals surface area contributed by atoms with Crippen molar-refractivity contribution in [1.29, 1.82) is 0 Å². The highest BCUT2D eigenvalue weighted by atomic mass is 79.9. The number of aryl methyl sites for hydroxylation is 1. The third kappa shape index (κ3) is 4.08. The van der Waals surface area contributed by atoms with E-state index in [0.29, 0.717) is 10.8 Å². The molecule has 1 aromatic carbocycles. The van der Waals surface area contributed by atoms with E-state index in [4.69, 9.17) is 11.6 Å². The number of anilines is 3. The van der Waals surface area contributed by atoms with Gasteiger partial charge < -0.3 is 10.6 Å². The molecule has 0 aliphatic carbocycles. The van der Waals surface area contributed by atoms with Gasteiger partial charge in [0.1, 0.15) is 17.5 Å². The number of aromatic nitrogens is 2. The lowest BCUT2D eigenvalue weighted by Crippen LogP contribution is -2.09. The molecule has 0 aliphatic heterocycles. The molecule has 0 spiro atoms. The highest BCUT2D eigenvalue weighted by Crippen LogP contribution is 2.30. The molecule has 1 heterocycles. The van der Waals surface area contributed by atoms with Crippen LogP contribution in [0, 0.1) is 13.8 Å². The minimum Gasteiger partial charge on any atom is -0.370 e. The van der Waals surface area contributed by atoms with Crippen molar-refractivity contribution in [1.82, 2.24) is 9.97 Å². The Morgan fingerprint density at radius 2 is 1.90 bits per heavy atom. The second-order valence-corrected chi connectivity index (χ2v) is 6.09. The van der Waals surface area contributed by atoms with Crippen molar-refractivity contribution in [2.24, 2.45) is 0 Å². The lowest BCUT2D eigenvalue weighted by atomic mass is 10.2. The fourth-order valence-corrected chi connectivity index (χ4v) is 2.41. The average Bonchev–Trinajstić information content (AvgIpc) is 2.44. The van der Waals surface area contributed by atoms with Crippen LogP contribution < -0.4 is 10.6 Å². The molecule has 0 radical (unpaired) electrons. The Bertz CT molecular complexity index is 646. The van der Waals surface area contributed by atoms with Crippen LogP contribution in [0.15, 0.2) is 22.7 Å². The Morgan fingerprint density at radius 3 is 2.62 bits per heavy atom. The first-order valence-corrected chi connectivity index (χ1v) is 7.99. The molecule has 112 valence electrons. The second kappa shape index (κ2) is 7.09. The lowest BCUT2D eigenvalue weighted by molar-refractivity contribution is 0.948. The number of nitrogens with zero attached hydrogens (tertiary/aromatic N) is 2. The van der Waals surface area contributed by atoms with E-state index < -0.39 is 0 Å². The van der Waals surface area contributed by atoms with Crippen molar-refractivity contribution in [3.05, 3.63) is 39.1 Å². The van der Waals surface area contributed by atoms with Crippen LogP contribution in [0.5, 0.6) is 0 Å². The van der Waals surface area contributed by atoms with E-state index in [-0.39, 0.29) is 0 Å². The Balaban J connectivity index is 2.35. The molecule has 2 aromatic rings. The van der Waals surface area contributed by atoms with E-state index in [1.54, 1.807) is 0 Å². The first-order valence-electron chi connectivity index (χ1n) is 6.82. The van der Waals surface area contributed by atoms with Crippen LogP contribution >= 0.6 is 27.5 Å². The lowest BCUT2D eigenvalue weighted by Gasteiger charge is -2.15. The molecule has 6 heteroatoms. The van der Waals surface area contributed by atoms with Gasteiger partial charge in [-0.05, 0) is 38.5 Å². The van der Waals surface area contributed by atoms with E-state index in [2.05, 4.69) is 43.5 Å². The largest absolute Gasteiger partial charge is 0.370 e. The third-order valence-electron chi connectivity index (χ3n) is 2.98. The van der Waals surface area contributed by atoms with E-state index in [1.807, 2.05) is 32.0 Å². The fraction of sp³-hybridized carbons (Fsp3) is 0.333. The standard InChI is InChI=1S/C15H18BrClN4/c1-4-7-18-14-9(2)15(20-10(3)19-14)21-13-8-11(16)5-6-12(13)17/h5-6,8H,4,7H2,1-3H3,(H2,18,19,20,21). The number of nitrogens with one attached hydrogen (secondary N) is 2. The van der Waals surface area contributed by atoms with Gasteiger partial charge in [-0.15, -0.1) is 0 Å². The first-order chi connectivity index (χ1) is 10.0. The van der Waals surface area contributed by atoms with Crippen LogP contribution in [0.1, 0.15) is 24.7 Å². The Hall–Kier alpha value is -1.33. The average molecular weight is 370 g/mol. The molecule has 4 nitrogen and oxygen atoms in total. The van der Waals surface area contributed by atoms with Crippen molar-refractivity contribution >= 4 is 44.9 Å². The predicted molar refractivity (Wildman–Crippen MR) is 92.7 cm³/mol. The van der Waals surface area contributed by atoms with Gasteiger partial charge in [0.15, 0.2) is 0 Å². The van der Waals surface area contributed by atoms with Crippen LogP contribution in [0.25, 0.3) is 0 Å². The molecule has 0 aliphatic rings. The van der Waals surface area contributed by atoms with Gasteiger partial charge in [-0.3, -0.25) is 0 Å². The molecule has 0 bridgehead atoms. The molecule has 2 rings (SSSR count). The highest BCUT2D eigenvalue weighted by molar-refractivity contribution is 9.10. The summed E-state index contributed by atoms with van der Waals surface area (Å²) >= 11 is 9.67. The van der Waals surface area contributed by atoms with Gasteiger partial charge in [0, 0.05) is 16.6 Å². The summed E-state index contributed by atoms with van der Waals surface area (Å²) in [5.74, 6) is 2.34. The fourth-order valence-electron chi connectivity index (χ4n) is 1.89. The van der Waals surface area contributed by atoms with Crippen LogP contribution in [0.3, 0.4) is 0 Å². The molecular weight excluding hydrogens is 352 g/mol. The van der Waals surface area contributed by atoms with Crippen molar-refractivity contribution in [2.45, 2.75) is 27.2 Å². The zero-order valence-corrected chi connectivity index (χ0v) is 14.6. The van der Waals surface area contributed by atoms with Gasteiger partial charge in [-0.25, -0.2) is 9.97 Å². The zero-order chi connectivity index (χ0) is 15.4. The van der Waals surface area contributed by atoms with Crippen LogP contribution in [0.4, 0.5) is 17.3 Å². The van der Waals surface area contributed by atoms with E-state index in [9.17, 15) is 0 Å². The molecule has 0 unspecified atom stereocenters.